The van der Waals surface area contributed by atoms with E-state index in [1.54, 1.807) is 10.6 Å². The normalized spacial score (nSPS) is 24.3. The maximum atomic E-state index is 12.9. The first-order chi connectivity index (χ1) is 15.4. The summed E-state index contributed by atoms with van der Waals surface area (Å²) in [7, 11) is 0. The number of imidazole rings is 1. The molecule has 8 heteroatoms. The number of hydrogen-bond acceptors (Lipinski definition) is 6. The highest BCUT2D eigenvalue weighted by Gasteiger charge is 2.59. The Morgan fingerprint density at radius 1 is 1.22 bits per heavy atom. The van der Waals surface area contributed by atoms with Gasteiger partial charge in [-0.3, -0.25) is 9.20 Å². The Morgan fingerprint density at radius 3 is 2.94 bits per heavy atom. The molecule has 0 atom stereocenters. The van der Waals surface area contributed by atoms with E-state index in [-0.39, 0.29) is 16.9 Å². The Hall–Kier alpha value is -3.52. The number of hydrogen-bond donors (Lipinski definition) is 1. The summed E-state index contributed by atoms with van der Waals surface area (Å²) in [6.07, 6.45) is 6.13. The van der Waals surface area contributed by atoms with Crippen LogP contribution in [0.3, 0.4) is 0 Å². The number of rotatable bonds is 4. The number of pyridine rings is 1. The van der Waals surface area contributed by atoms with Crippen LogP contribution in [0.1, 0.15) is 48.1 Å². The smallest absolute Gasteiger partial charge is 0.274 e. The number of ether oxygens (including phenoxy) is 1. The van der Waals surface area contributed by atoms with Crippen LogP contribution >= 0.6 is 0 Å². The number of aryl methyl sites for hydroxylation is 1. The number of fused-ring (bicyclic) bond motifs is 3. The second kappa shape index (κ2) is 6.74. The minimum absolute atomic E-state index is 0.0635. The Labute approximate surface area is 184 Å². The first-order valence-electron chi connectivity index (χ1n) is 10.8. The summed E-state index contributed by atoms with van der Waals surface area (Å²) in [5.74, 6) is 0.984. The van der Waals surface area contributed by atoms with Gasteiger partial charge >= 0.3 is 0 Å². The SMILES string of the molecule is Cc1ccc(-c2noc(C34CCOC(C)(C3)C4)n2)cc1NC(=O)c1cnc2ccccn12. The molecule has 1 aliphatic carbocycles. The minimum atomic E-state index is -0.229. The summed E-state index contributed by atoms with van der Waals surface area (Å²) in [6.45, 7) is 4.81. The van der Waals surface area contributed by atoms with Gasteiger partial charge in [-0.05, 0) is 56.9 Å². The van der Waals surface area contributed by atoms with Gasteiger partial charge in [0.1, 0.15) is 11.3 Å². The maximum absolute atomic E-state index is 12.9. The molecule has 8 nitrogen and oxygen atoms in total. The van der Waals surface area contributed by atoms with Crippen LogP contribution < -0.4 is 5.32 Å². The fourth-order valence-electron chi connectivity index (χ4n) is 5.15. The van der Waals surface area contributed by atoms with Gasteiger partial charge in [0.25, 0.3) is 5.91 Å². The topological polar surface area (TPSA) is 94.5 Å². The number of amides is 1. The third-order valence-electron chi connectivity index (χ3n) is 6.73. The van der Waals surface area contributed by atoms with E-state index >= 15 is 0 Å². The van der Waals surface area contributed by atoms with E-state index in [1.807, 2.05) is 49.5 Å². The predicted molar refractivity (Wildman–Crippen MR) is 118 cm³/mol. The van der Waals surface area contributed by atoms with Gasteiger partial charge in [0.05, 0.1) is 17.2 Å². The van der Waals surface area contributed by atoms with Gasteiger partial charge in [0, 0.05) is 24.1 Å². The van der Waals surface area contributed by atoms with Gasteiger partial charge < -0.3 is 14.6 Å². The predicted octanol–water partition coefficient (Wildman–Crippen LogP) is 4.16. The average Bonchev–Trinajstić information content (AvgIpc) is 3.42. The number of carbonyl (C=O) groups excluding carboxylic acids is 1. The number of carbonyl (C=O) groups is 1. The van der Waals surface area contributed by atoms with Crippen molar-refractivity contribution >= 4 is 17.2 Å². The first kappa shape index (κ1) is 19.2. The highest BCUT2D eigenvalue weighted by molar-refractivity contribution is 6.04. The van der Waals surface area contributed by atoms with Crippen molar-refractivity contribution in [1.82, 2.24) is 19.5 Å². The summed E-state index contributed by atoms with van der Waals surface area (Å²) in [6, 6.07) is 11.4. The number of aromatic nitrogens is 4. The minimum Gasteiger partial charge on any atom is -0.375 e. The van der Waals surface area contributed by atoms with Crippen LogP contribution in [0.5, 0.6) is 0 Å². The molecule has 2 bridgehead atoms. The Balaban J connectivity index is 1.27. The van der Waals surface area contributed by atoms with E-state index in [2.05, 4.69) is 22.4 Å². The summed E-state index contributed by atoms with van der Waals surface area (Å²) >= 11 is 0. The van der Waals surface area contributed by atoms with E-state index < -0.39 is 0 Å². The molecule has 0 unspecified atom stereocenters. The third-order valence-corrected chi connectivity index (χ3v) is 6.73. The molecule has 5 heterocycles. The summed E-state index contributed by atoms with van der Waals surface area (Å²) in [5.41, 5.74) is 3.50. The Kier molecular flexibility index (Phi) is 4.04. The van der Waals surface area contributed by atoms with E-state index in [1.165, 1.54) is 0 Å². The summed E-state index contributed by atoms with van der Waals surface area (Å²) in [4.78, 5) is 22.0. The molecule has 7 rings (SSSR count). The lowest BCUT2D eigenvalue weighted by molar-refractivity contribution is -0.188. The zero-order valence-corrected chi connectivity index (χ0v) is 18.0. The van der Waals surface area contributed by atoms with Crippen LogP contribution in [0.4, 0.5) is 5.69 Å². The van der Waals surface area contributed by atoms with Crippen molar-refractivity contribution in [3.05, 3.63) is 65.9 Å². The molecule has 3 aromatic heterocycles. The lowest BCUT2D eigenvalue weighted by Crippen LogP contribution is -2.59. The molecule has 0 spiro atoms. The molecular weight excluding hydrogens is 406 g/mol. The molecule has 2 aliphatic heterocycles. The molecular formula is C24H23N5O3. The van der Waals surface area contributed by atoms with Gasteiger partial charge in [-0.15, -0.1) is 0 Å². The Morgan fingerprint density at radius 2 is 2.09 bits per heavy atom. The van der Waals surface area contributed by atoms with Crippen LogP contribution in [0.25, 0.3) is 17.0 Å². The van der Waals surface area contributed by atoms with Crippen molar-refractivity contribution in [2.75, 3.05) is 11.9 Å². The van der Waals surface area contributed by atoms with E-state index in [0.29, 0.717) is 23.1 Å². The fraction of sp³-hybridized carbons (Fsp3) is 0.333. The van der Waals surface area contributed by atoms with E-state index in [9.17, 15) is 4.79 Å². The standard InChI is InChI=1S/C24H23N5O3/c1-15-6-7-16(20-27-22(32-28-20)24-8-10-31-23(2,13-24)14-24)11-17(15)26-21(30)18-12-25-19-5-3-4-9-29(18)19/h3-7,9,11-12H,8,10,13-14H2,1-2H3,(H,26,30). The number of nitrogens with zero attached hydrogens (tertiary/aromatic N) is 4. The van der Waals surface area contributed by atoms with Crippen molar-refractivity contribution in [3.8, 4) is 11.4 Å². The second-order valence-corrected chi connectivity index (χ2v) is 9.16. The number of benzene rings is 1. The quantitative estimate of drug-likeness (QED) is 0.524. The van der Waals surface area contributed by atoms with Gasteiger partial charge in [0.2, 0.25) is 11.7 Å². The molecule has 162 valence electrons. The average molecular weight is 429 g/mol. The van der Waals surface area contributed by atoms with Gasteiger partial charge in [-0.2, -0.15) is 4.98 Å². The van der Waals surface area contributed by atoms with Crippen LogP contribution in [-0.4, -0.2) is 37.6 Å². The maximum Gasteiger partial charge on any atom is 0.274 e. The zero-order chi connectivity index (χ0) is 21.9. The fourth-order valence-corrected chi connectivity index (χ4v) is 5.15. The molecule has 3 fully saturated rings. The highest BCUT2D eigenvalue weighted by atomic mass is 16.5. The molecule has 2 saturated heterocycles. The first-order valence-corrected chi connectivity index (χ1v) is 10.8. The molecule has 1 N–H and O–H groups in total. The zero-order valence-electron chi connectivity index (χ0n) is 18.0. The molecule has 4 aromatic rings. The van der Waals surface area contributed by atoms with Crippen LogP contribution in [-0.2, 0) is 10.2 Å². The lowest BCUT2D eigenvalue weighted by Gasteiger charge is -2.56. The Bertz CT molecular complexity index is 1350. The van der Waals surface area contributed by atoms with Gasteiger partial charge in [-0.1, -0.05) is 23.4 Å². The van der Waals surface area contributed by atoms with Crippen molar-refractivity contribution in [2.45, 2.75) is 44.1 Å². The summed E-state index contributed by atoms with van der Waals surface area (Å²) in [5, 5.41) is 7.24. The molecule has 1 saturated carbocycles. The van der Waals surface area contributed by atoms with Crippen molar-refractivity contribution in [2.24, 2.45) is 0 Å². The van der Waals surface area contributed by atoms with E-state index in [4.69, 9.17) is 14.2 Å². The van der Waals surface area contributed by atoms with Crippen LogP contribution in [0.15, 0.2) is 53.3 Å². The van der Waals surface area contributed by atoms with Crippen molar-refractivity contribution in [3.63, 3.8) is 0 Å². The van der Waals surface area contributed by atoms with E-state index in [0.717, 1.165) is 42.6 Å². The second-order valence-electron chi connectivity index (χ2n) is 9.16. The molecule has 0 radical (unpaired) electrons. The largest absolute Gasteiger partial charge is 0.375 e. The third kappa shape index (κ3) is 2.94. The molecule has 32 heavy (non-hydrogen) atoms. The molecule has 3 aliphatic rings. The lowest BCUT2D eigenvalue weighted by atomic mass is 9.56. The van der Waals surface area contributed by atoms with Crippen LogP contribution in [0.2, 0.25) is 0 Å². The van der Waals surface area contributed by atoms with Gasteiger partial charge in [0.15, 0.2) is 0 Å². The number of nitrogens with one attached hydrogen (secondary N) is 1. The highest BCUT2D eigenvalue weighted by Crippen LogP contribution is 2.57. The molecule has 1 amide bonds. The monoisotopic (exact) mass is 429 g/mol. The van der Waals surface area contributed by atoms with Crippen LogP contribution in [0, 0.1) is 6.92 Å². The number of anilines is 1. The van der Waals surface area contributed by atoms with Crippen molar-refractivity contribution in [1.29, 1.82) is 0 Å². The van der Waals surface area contributed by atoms with Crippen molar-refractivity contribution < 1.29 is 14.1 Å². The van der Waals surface area contributed by atoms with Gasteiger partial charge in [-0.25, -0.2) is 4.98 Å². The summed E-state index contributed by atoms with van der Waals surface area (Å²) < 4.78 is 13.3. The molecule has 1 aromatic carbocycles.